The van der Waals surface area contributed by atoms with E-state index in [1.165, 1.54) is 19.3 Å². The number of hydrogen-bond donors (Lipinski definition) is 3. The maximum atomic E-state index is 10.7. The zero-order chi connectivity index (χ0) is 17.5. The molecule has 1 spiro atoms. The summed E-state index contributed by atoms with van der Waals surface area (Å²) in [5, 5.41) is 21.8. The van der Waals surface area contributed by atoms with Crippen LogP contribution in [0.1, 0.15) is 45.1 Å². The minimum absolute atomic E-state index is 0.327. The van der Waals surface area contributed by atoms with Gasteiger partial charge in [-0.3, -0.25) is 0 Å². The van der Waals surface area contributed by atoms with Crippen LogP contribution in [0, 0.1) is 11.3 Å². The number of rotatable bonds is 5. The van der Waals surface area contributed by atoms with E-state index in [4.69, 9.17) is 9.73 Å². The molecule has 3 aliphatic rings. The molecule has 1 saturated heterocycles. The molecular formula is C19H29N3O2S. The normalized spacial score (nSPS) is 32.4. The molecule has 4 rings (SSSR count). The number of ether oxygens (including phenoxy) is 1. The number of aliphatic imine (C=N–C) groups is 1. The van der Waals surface area contributed by atoms with Crippen molar-refractivity contribution in [2.24, 2.45) is 16.3 Å². The summed E-state index contributed by atoms with van der Waals surface area (Å²) in [4.78, 5) is 4.71. The lowest BCUT2D eigenvalue weighted by molar-refractivity contribution is -0.171. The lowest BCUT2D eigenvalue weighted by Gasteiger charge is -2.63. The summed E-state index contributed by atoms with van der Waals surface area (Å²) >= 11 is 1.60. The number of guanidine groups is 1. The monoisotopic (exact) mass is 363 g/mol. The van der Waals surface area contributed by atoms with Crippen molar-refractivity contribution in [1.29, 1.82) is 0 Å². The number of hydrogen-bond acceptors (Lipinski definition) is 4. The molecule has 4 unspecified atom stereocenters. The lowest BCUT2D eigenvalue weighted by Crippen LogP contribution is -2.72. The highest BCUT2D eigenvalue weighted by atomic mass is 32.1. The van der Waals surface area contributed by atoms with Crippen LogP contribution in [0.3, 0.4) is 0 Å². The van der Waals surface area contributed by atoms with Crippen LogP contribution < -0.4 is 10.6 Å². The van der Waals surface area contributed by atoms with Gasteiger partial charge in [-0.25, -0.2) is 4.99 Å². The molecule has 5 nitrogen and oxygen atoms in total. The third kappa shape index (κ3) is 2.88. The van der Waals surface area contributed by atoms with Crippen LogP contribution >= 0.6 is 11.3 Å². The van der Waals surface area contributed by atoms with Crippen molar-refractivity contribution in [2.75, 3.05) is 19.7 Å². The van der Waals surface area contributed by atoms with E-state index in [9.17, 15) is 5.11 Å². The molecule has 25 heavy (non-hydrogen) atoms. The molecule has 1 aliphatic heterocycles. The summed E-state index contributed by atoms with van der Waals surface area (Å²) in [6.07, 6.45) is 5.44. The second-order valence-electron chi connectivity index (χ2n) is 7.93. The fourth-order valence-electron chi connectivity index (χ4n) is 4.82. The van der Waals surface area contributed by atoms with Gasteiger partial charge in [0.25, 0.3) is 0 Å². The number of nitrogens with one attached hydrogen (secondary N) is 2. The first-order chi connectivity index (χ1) is 12.1. The van der Waals surface area contributed by atoms with Crippen molar-refractivity contribution >= 4 is 17.3 Å². The van der Waals surface area contributed by atoms with E-state index in [1.807, 2.05) is 23.8 Å². The lowest BCUT2D eigenvalue weighted by atomic mass is 9.46. The topological polar surface area (TPSA) is 65.9 Å². The van der Waals surface area contributed by atoms with Gasteiger partial charge in [0.1, 0.15) is 5.60 Å². The molecule has 0 bridgehead atoms. The fourth-order valence-corrected chi connectivity index (χ4v) is 5.60. The molecule has 3 fully saturated rings. The molecule has 2 saturated carbocycles. The predicted octanol–water partition coefficient (Wildman–Crippen LogP) is 2.47. The van der Waals surface area contributed by atoms with Crippen molar-refractivity contribution < 1.29 is 9.84 Å². The van der Waals surface area contributed by atoms with Gasteiger partial charge in [0.2, 0.25) is 0 Å². The zero-order valence-corrected chi connectivity index (χ0v) is 15.9. The van der Waals surface area contributed by atoms with Crippen molar-refractivity contribution in [3.63, 3.8) is 0 Å². The molecule has 0 amide bonds. The first-order valence-electron chi connectivity index (χ1n) is 9.48. The fraction of sp³-hybridized carbons (Fsp3) is 0.737. The van der Waals surface area contributed by atoms with Gasteiger partial charge in [0.15, 0.2) is 5.96 Å². The van der Waals surface area contributed by atoms with Crippen LogP contribution in [-0.4, -0.2) is 42.9 Å². The van der Waals surface area contributed by atoms with Crippen LogP contribution in [-0.2, 0) is 10.3 Å². The third-order valence-electron chi connectivity index (χ3n) is 6.36. The van der Waals surface area contributed by atoms with E-state index < -0.39 is 5.60 Å². The maximum Gasteiger partial charge on any atom is 0.191 e. The van der Waals surface area contributed by atoms with Crippen molar-refractivity contribution in [3.8, 4) is 0 Å². The summed E-state index contributed by atoms with van der Waals surface area (Å²) in [6.45, 7) is 5.98. The summed E-state index contributed by atoms with van der Waals surface area (Å²) in [6, 6.07) is 2.42. The van der Waals surface area contributed by atoms with E-state index in [-0.39, 0.29) is 0 Å². The quantitative estimate of drug-likeness (QED) is 0.555. The second-order valence-corrected chi connectivity index (χ2v) is 8.71. The average Bonchev–Trinajstić information content (AvgIpc) is 3.19. The molecule has 138 valence electrons. The Morgan fingerprint density at radius 2 is 2.36 bits per heavy atom. The molecule has 4 atom stereocenters. The van der Waals surface area contributed by atoms with Crippen LogP contribution in [0.2, 0.25) is 0 Å². The van der Waals surface area contributed by atoms with E-state index in [1.54, 1.807) is 11.3 Å². The molecule has 1 aromatic rings. The van der Waals surface area contributed by atoms with E-state index >= 15 is 0 Å². The number of fused-ring (bicyclic) bond motifs is 2. The van der Waals surface area contributed by atoms with Crippen LogP contribution in [0.25, 0.3) is 0 Å². The highest BCUT2D eigenvalue weighted by Crippen LogP contribution is 2.62. The first kappa shape index (κ1) is 17.3. The molecule has 3 N–H and O–H groups in total. The highest BCUT2D eigenvalue weighted by Gasteiger charge is 2.66. The largest absolute Gasteiger partial charge is 0.383 e. The van der Waals surface area contributed by atoms with E-state index in [0.29, 0.717) is 30.0 Å². The van der Waals surface area contributed by atoms with E-state index in [0.717, 1.165) is 31.1 Å². The standard InChI is InChI=1S/C19H29N3O2S/c1-3-20-17(21-12-18(2,23)13-6-10-25-11-13)22-15-14-5-9-24-16(14)19(15)7-4-8-19/h6,10-11,14-16,23H,3-5,7-9,12H2,1-2H3,(H2,20,21,22). The van der Waals surface area contributed by atoms with Crippen molar-refractivity contribution in [3.05, 3.63) is 22.4 Å². The minimum atomic E-state index is -0.935. The summed E-state index contributed by atoms with van der Waals surface area (Å²) in [5.74, 6) is 1.43. The summed E-state index contributed by atoms with van der Waals surface area (Å²) in [5.41, 5.74) is 0.322. The molecule has 2 heterocycles. The molecular weight excluding hydrogens is 334 g/mol. The van der Waals surface area contributed by atoms with Crippen molar-refractivity contribution in [2.45, 2.75) is 57.3 Å². The number of nitrogens with zero attached hydrogens (tertiary/aromatic N) is 1. The summed E-state index contributed by atoms with van der Waals surface area (Å²) < 4.78 is 6.01. The Labute approximate surface area is 153 Å². The van der Waals surface area contributed by atoms with Crippen LogP contribution in [0.5, 0.6) is 0 Å². The van der Waals surface area contributed by atoms with E-state index in [2.05, 4.69) is 17.6 Å². The Morgan fingerprint density at radius 1 is 1.52 bits per heavy atom. The predicted molar refractivity (Wildman–Crippen MR) is 101 cm³/mol. The Morgan fingerprint density at radius 3 is 3.00 bits per heavy atom. The molecule has 1 aromatic heterocycles. The Kier molecular flexibility index (Phi) is 4.54. The Balaban J connectivity index is 1.46. The van der Waals surface area contributed by atoms with Crippen LogP contribution in [0.4, 0.5) is 0 Å². The number of aliphatic hydroxyl groups is 1. The highest BCUT2D eigenvalue weighted by molar-refractivity contribution is 7.08. The Hall–Kier alpha value is -1.11. The molecule has 2 aliphatic carbocycles. The van der Waals surface area contributed by atoms with Crippen molar-refractivity contribution in [1.82, 2.24) is 10.6 Å². The van der Waals surface area contributed by atoms with Gasteiger partial charge in [0.05, 0.1) is 12.6 Å². The molecule has 0 aromatic carbocycles. The average molecular weight is 364 g/mol. The molecule has 6 heteroatoms. The third-order valence-corrected chi connectivity index (χ3v) is 7.04. The minimum Gasteiger partial charge on any atom is -0.383 e. The van der Waals surface area contributed by atoms with Crippen LogP contribution in [0.15, 0.2) is 21.8 Å². The first-order valence-corrected chi connectivity index (χ1v) is 10.4. The van der Waals surface area contributed by atoms with Gasteiger partial charge in [-0.2, -0.15) is 11.3 Å². The number of thiophene rings is 1. The summed E-state index contributed by atoms with van der Waals surface area (Å²) in [7, 11) is 0. The zero-order valence-electron chi connectivity index (χ0n) is 15.1. The van der Waals surface area contributed by atoms with Gasteiger partial charge < -0.3 is 20.5 Å². The molecule has 0 radical (unpaired) electrons. The van der Waals surface area contributed by atoms with Gasteiger partial charge in [-0.1, -0.05) is 6.42 Å². The SMILES string of the molecule is CCNC(=NCC(C)(O)c1ccsc1)NC1C2CCOC2C12CCC2. The smallest absolute Gasteiger partial charge is 0.191 e. The van der Waals surface area contributed by atoms with Gasteiger partial charge >= 0.3 is 0 Å². The van der Waals surface area contributed by atoms with Gasteiger partial charge in [-0.05, 0) is 55.5 Å². The Bertz CT molecular complexity index is 625. The van der Waals surface area contributed by atoms with Gasteiger partial charge in [0, 0.05) is 30.5 Å². The maximum absolute atomic E-state index is 10.7. The van der Waals surface area contributed by atoms with Gasteiger partial charge in [-0.15, -0.1) is 0 Å². The second kappa shape index (κ2) is 6.56.